The number of aromatic nitrogens is 2. The van der Waals surface area contributed by atoms with Crippen molar-refractivity contribution in [1.29, 1.82) is 0 Å². The van der Waals surface area contributed by atoms with Crippen molar-refractivity contribution in [2.75, 3.05) is 6.61 Å². The summed E-state index contributed by atoms with van der Waals surface area (Å²) in [6.07, 6.45) is 2.79. The molecule has 3 amide bonds. The lowest BCUT2D eigenvalue weighted by Gasteiger charge is -2.25. The third kappa shape index (κ3) is 7.79. The first-order valence-corrected chi connectivity index (χ1v) is 13.9. The number of fused-ring (bicyclic) bond motifs is 2. The predicted molar refractivity (Wildman–Crippen MR) is 159 cm³/mol. The van der Waals surface area contributed by atoms with Crippen LogP contribution in [0.3, 0.4) is 0 Å². The van der Waals surface area contributed by atoms with Crippen LogP contribution >= 0.6 is 0 Å². The van der Waals surface area contributed by atoms with Crippen LogP contribution in [0, 0.1) is 0 Å². The zero-order valence-corrected chi connectivity index (χ0v) is 23.6. The second-order valence-corrected chi connectivity index (χ2v) is 10.4. The Morgan fingerprint density at radius 2 is 1.16 bits per heavy atom. The summed E-state index contributed by atoms with van der Waals surface area (Å²) < 4.78 is 0. The van der Waals surface area contributed by atoms with Crippen molar-refractivity contribution in [2.24, 2.45) is 5.73 Å². The third-order valence-corrected chi connectivity index (χ3v) is 7.27. The molecule has 4 aromatic rings. The smallest absolute Gasteiger partial charge is 0.328 e. The molecule has 0 aliphatic heterocycles. The number of carbonyl (C=O) groups is 5. The third-order valence-electron chi connectivity index (χ3n) is 7.27. The largest absolute Gasteiger partial charge is 0.481 e. The molecule has 14 heteroatoms. The van der Waals surface area contributed by atoms with Crippen molar-refractivity contribution in [1.82, 2.24) is 25.9 Å². The van der Waals surface area contributed by atoms with Gasteiger partial charge in [0.2, 0.25) is 17.7 Å². The molecule has 0 fully saturated rings. The van der Waals surface area contributed by atoms with Gasteiger partial charge >= 0.3 is 11.9 Å². The van der Waals surface area contributed by atoms with Gasteiger partial charge in [-0.05, 0) is 29.7 Å². The Bertz CT molecular complexity index is 1660. The van der Waals surface area contributed by atoms with Crippen LogP contribution in [0.5, 0.6) is 0 Å². The number of nitrogens with two attached hydrogens (primary N) is 1. The van der Waals surface area contributed by atoms with Gasteiger partial charge in [-0.2, -0.15) is 0 Å². The van der Waals surface area contributed by atoms with Gasteiger partial charge in [0, 0.05) is 53.5 Å². The number of aliphatic hydroxyl groups excluding tert-OH is 1. The van der Waals surface area contributed by atoms with Gasteiger partial charge in [0.15, 0.2) is 0 Å². The molecule has 14 nitrogen and oxygen atoms in total. The standard InChI is InChI=1S/C30H34N6O8/c31-20(9-10-26(38)39)27(40)34-23(11-16-13-32-21-7-3-1-5-18(16)21)28(41)35-24(29(42)36-25(15-37)30(43)44)12-17-14-33-22-8-4-2-6-19(17)22/h1-8,13-14,20,23-25,32-33,37H,9-12,15,31H2,(H,34,40)(H,35,41)(H,36,42)(H,38,39)(H,43,44). The van der Waals surface area contributed by atoms with E-state index in [0.29, 0.717) is 11.1 Å². The number of carbonyl (C=O) groups excluding carboxylic acids is 3. The number of hydrogen-bond donors (Lipinski definition) is 9. The van der Waals surface area contributed by atoms with Crippen LogP contribution in [0.2, 0.25) is 0 Å². The highest BCUT2D eigenvalue weighted by molar-refractivity contribution is 5.95. The van der Waals surface area contributed by atoms with E-state index in [4.69, 9.17) is 10.8 Å². The minimum absolute atomic E-state index is 0.0109. The molecule has 10 N–H and O–H groups in total. The monoisotopic (exact) mass is 606 g/mol. The first-order chi connectivity index (χ1) is 21.1. The molecule has 2 aromatic carbocycles. The van der Waals surface area contributed by atoms with E-state index in [0.717, 1.165) is 21.8 Å². The molecule has 44 heavy (non-hydrogen) atoms. The number of benzene rings is 2. The van der Waals surface area contributed by atoms with E-state index in [2.05, 4.69) is 25.9 Å². The number of carboxylic acid groups (broad SMARTS) is 2. The minimum Gasteiger partial charge on any atom is -0.481 e. The Morgan fingerprint density at radius 3 is 1.61 bits per heavy atom. The van der Waals surface area contributed by atoms with Gasteiger partial charge in [-0.15, -0.1) is 0 Å². The molecule has 0 saturated heterocycles. The number of H-pyrrole nitrogens is 2. The van der Waals surface area contributed by atoms with E-state index in [1.165, 1.54) is 0 Å². The number of aliphatic carboxylic acids is 2. The van der Waals surface area contributed by atoms with Gasteiger partial charge in [0.1, 0.15) is 18.1 Å². The molecule has 4 rings (SSSR count). The number of hydrogen-bond acceptors (Lipinski definition) is 7. The highest BCUT2D eigenvalue weighted by Gasteiger charge is 2.31. The molecule has 0 bridgehead atoms. The maximum Gasteiger partial charge on any atom is 0.328 e. The number of rotatable bonds is 15. The topological polar surface area (TPSA) is 240 Å². The predicted octanol–water partition coefficient (Wildman–Crippen LogP) is 0.158. The quantitative estimate of drug-likeness (QED) is 0.0894. The van der Waals surface area contributed by atoms with E-state index in [1.54, 1.807) is 18.5 Å². The van der Waals surface area contributed by atoms with Gasteiger partial charge in [-0.3, -0.25) is 19.2 Å². The molecule has 2 aromatic heterocycles. The van der Waals surface area contributed by atoms with Crippen molar-refractivity contribution in [2.45, 2.75) is 49.9 Å². The number of nitrogens with one attached hydrogen (secondary N) is 5. The lowest BCUT2D eigenvalue weighted by atomic mass is 10.0. The molecule has 0 radical (unpaired) electrons. The Balaban J connectivity index is 1.62. The number of aliphatic hydroxyl groups is 1. The van der Waals surface area contributed by atoms with E-state index < -0.39 is 60.4 Å². The fourth-order valence-electron chi connectivity index (χ4n) is 4.88. The van der Waals surface area contributed by atoms with Crippen molar-refractivity contribution >= 4 is 51.5 Å². The lowest BCUT2D eigenvalue weighted by molar-refractivity contribution is -0.143. The van der Waals surface area contributed by atoms with Crippen LogP contribution < -0.4 is 21.7 Å². The molecule has 0 spiro atoms. The number of para-hydroxylation sites is 2. The lowest BCUT2D eigenvalue weighted by Crippen LogP contribution is -2.58. The van der Waals surface area contributed by atoms with Gasteiger partial charge < -0.3 is 47.0 Å². The SMILES string of the molecule is NC(CCC(=O)O)C(=O)NC(Cc1c[nH]c2ccccc12)C(=O)NC(Cc1c[nH]c2ccccc12)C(=O)NC(CO)C(=O)O. The number of carboxylic acids is 2. The van der Waals surface area contributed by atoms with Gasteiger partial charge in [0.25, 0.3) is 0 Å². The molecular formula is C30H34N6O8. The van der Waals surface area contributed by atoms with E-state index in [9.17, 15) is 34.2 Å². The fraction of sp³-hybridized carbons (Fsp3) is 0.300. The molecule has 232 valence electrons. The number of amides is 3. The van der Waals surface area contributed by atoms with Crippen molar-refractivity contribution in [3.63, 3.8) is 0 Å². The Labute approximate surface area is 251 Å². The number of aromatic amines is 2. The Morgan fingerprint density at radius 1 is 0.705 bits per heavy atom. The van der Waals surface area contributed by atoms with E-state index in [1.807, 2.05) is 42.5 Å². The maximum atomic E-state index is 13.8. The second-order valence-electron chi connectivity index (χ2n) is 10.4. The van der Waals surface area contributed by atoms with Crippen LogP contribution in [0.25, 0.3) is 21.8 Å². The highest BCUT2D eigenvalue weighted by Crippen LogP contribution is 2.21. The first-order valence-electron chi connectivity index (χ1n) is 13.9. The van der Waals surface area contributed by atoms with Crippen molar-refractivity contribution in [3.05, 3.63) is 72.1 Å². The summed E-state index contributed by atoms with van der Waals surface area (Å²) >= 11 is 0. The molecule has 4 atom stereocenters. The van der Waals surface area contributed by atoms with Crippen LogP contribution in [0.15, 0.2) is 60.9 Å². The van der Waals surface area contributed by atoms with Crippen LogP contribution in [-0.2, 0) is 36.8 Å². The molecule has 0 aliphatic carbocycles. The molecular weight excluding hydrogens is 572 g/mol. The summed E-state index contributed by atoms with van der Waals surface area (Å²) in [4.78, 5) is 68.8. The van der Waals surface area contributed by atoms with Crippen molar-refractivity contribution < 1.29 is 39.3 Å². The summed E-state index contributed by atoms with van der Waals surface area (Å²) in [6.45, 7) is -0.873. The minimum atomic E-state index is -1.61. The average molecular weight is 607 g/mol. The van der Waals surface area contributed by atoms with Gasteiger partial charge in [0.05, 0.1) is 12.6 Å². The highest BCUT2D eigenvalue weighted by atomic mass is 16.4. The summed E-state index contributed by atoms with van der Waals surface area (Å²) in [5.41, 5.74) is 8.83. The average Bonchev–Trinajstić information content (AvgIpc) is 3.61. The van der Waals surface area contributed by atoms with E-state index in [-0.39, 0.29) is 25.7 Å². The second kappa shape index (κ2) is 14.3. The molecule has 0 aliphatic rings. The molecule has 0 saturated carbocycles. The fourth-order valence-corrected chi connectivity index (χ4v) is 4.88. The summed E-state index contributed by atoms with van der Waals surface area (Å²) in [6, 6.07) is 9.24. The maximum absolute atomic E-state index is 13.8. The summed E-state index contributed by atoms with van der Waals surface area (Å²) in [7, 11) is 0. The van der Waals surface area contributed by atoms with Crippen LogP contribution in [-0.4, -0.2) is 85.7 Å². The molecule has 2 heterocycles. The van der Waals surface area contributed by atoms with Gasteiger partial charge in [-0.25, -0.2) is 4.79 Å². The summed E-state index contributed by atoms with van der Waals surface area (Å²) in [5, 5.41) is 36.9. The zero-order valence-electron chi connectivity index (χ0n) is 23.6. The van der Waals surface area contributed by atoms with Gasteiger partial charge in [-0.1, -0.05) is 36.4 Å². The summed E-state index contributed by atoms with van der Waals surface area (Å²) in [5.74, 6) is -4.96. The Hall–Kier alpha value is -5.21. The molecule has 4 unspecified atom stereocenters. The first kappa shape index (κ1) is 31.7. The van der Waals surface area contributed by atoms with Crippen LogP contribution in [0.4, 0.5) is 0 Å². The van der Waals surface area contributed by atoms with E-state index >= 15 is 0 Å². The normalized spacial score (nSPS) is 14.0. The Kier molecular flexibility index (Phi) is 10.3. The van der Waals surface area contributed by atoms with Crippen molar-refractivity contribution in [3.8, 4) is 0 Å². The van der Waals surface area contributed by atoms with Crippen LogP contribution in [0.1, 0.15) is 24.0 Å². The zero-order chi connectivity index (χ0) is 31.8.